The summed E-state index contributed by atoms with van der Waals surface area (Å²) in [5.41, 5.74) is 2.09. The predicted octanol–water partition coefficient (Wildman–Crippen LogP) is 5.81. The number of nitrogens with zero attached hydrogens (tertiary/aromatic N) is 1. The van der Waals surface area contributed by atoms with Crippen molar-refractivity contribution in [3.8, 4) is 0 Å². The van der Waals surface area contributed by atoms with Crippen LogP contribution in [-0.2, 0) is 0 Å². The van der Waals surface area contributed by atoms with Gasteiger partial charge in [-0.05, 0) is 59.7 Å². The number of hydrogen-bond donors (Lipinski definition) is 0. The van der Waals surface area contributed by atoms with E-state index in [9.17, 15) is 8.78 Å². The fraction of sp³-hybridized carbons (Fsp3) is 0.273. The number of rotatable bonds is 2. The third kappa shape index (κ3) is 2.99. The molecule has 0 radical (unpaired) electrons. The van der Waals surface area contributed by atoms with Crippen molar-refractivity contribution >= 4 is 16.5 Å². The molecule has 3 aromatic carbocycles. The molecule has 3 heteroatoms. The Bertz CT molecular complexity index is 883. The van der Waals surface area contributed by atoms with E-state index in [0.717, 1.165) is 12.8 Å². The summed E-state index contributed by atoms with van der Waals surface area (Å²) in [4.78, 5) is 1.85. The molecular formula is C22H21F2N. The van der Waals surface area contributed by atoms with E-state index in [0.29, 0.717) is 24.6 Å². The van der Waals surface area contributed by atoms with Gasteiger partial charge in [0.25, 0.3) is 0 Å². The van der Waals surface area contributed by atoms with Gasteiger partial charge in [-0.2, -0.15) is 0 Å². The van der Waals surface area contributed by atoms with Crippen LogP contribution in [0.25, 0.3) is 10.8 Å². The van der Waals surface area contributed by atoms with E-state index in [-0.39, 0.29) is 5.69 Å². The van der Waals surface area contributed by atoms with Gasteiger partial charge in [-0.15, -0.1) is 0 Å². The summed E-state index contributed by atoms with van der Waals surface area (Å²) < 4.78 is 28.5. The van der Waals surface area contributed by atoms with Crippen LogP contribution in [0, 0.1) is 18.6 Å². The Hall–Kier alpha value is -2.42. The average Bonchev–Trinajstić information content (AvgIpc) is 2.61. The molecule has 0 spiro atoms. The van der Waals surface area contributed by atoms with Crippen LogP contribution in [0.1, 0.15) is 29.9 Å². The van der Waals surface area contributed by atoms with Crippen LogP contribution in [0.5, 0.6) is 0 Å². The molecule has 1 saturated heterocycles. The fourth-order valence-corrected chi connectivity index (χ4v) is 4.01. The minimum Gasteiger partial charge on any atom is -0.367 e. The lowest BCUT2D eigenvalue weighted by Gasteiger charge is -2.34. The highest BCUT2D eigenvalue weighted by atomic mass is 19.1. The topological polar surface area (TPSA) is 3.24 Å². The molecule has 128 valence electrons. The van der Waals surface area contributed by atoms with E-state index in [1.165, 1.54) is 28.5 Å². The van der Waals surface area contributed by atoms with E-state index < -0.39 is 11.6 Å². The zero-order valence-corrected chi connectivity index (χ0v) is 14.3. The first kappa shape index (κ1) is 16.1. The second-order valence-electron chi connectivity index (χ2n) is 6.91. The van der Waals surface area contributed by atoms with Crippen LogP contribution >= 0.6 is 0 Å². The van der Waals surface area contributed by atoms with Crippen molar-refractivity contribution in [3.05, 3.63) is 77.4 Å². The summed E-state index contributed by atoms with van der Waals surface area (Å²) in [6, 6.07) is 17.7. The predicted molar refractivity (Wildman–Crippen MR) is 99.2 cm³/mol. The van der Waals surface area contributed by atoms with Crippen molar-refractivity contribution in [1.82, 2.24) is 0 Å². The van der Waals surface area contributed by atoms with Crippen LogP contribution in [0.2, 0.25) is 0 Å². The highest BCUT2D eigenvalue weighted by molar-refractivity contribution is 5.86. The van der Waals surface area contributed by atoms with Crippen molar-refractivity contribution < 1.29 is 8.78 Å². The summed E-state index contributed by atoms with van der Waals surface area (Å²) >= 11 is 0. The number of piperidine rings is 1. The first-order valence-electron chi connectivity index (χ1n) is 8.82. The Labute approximate surface area is 146 Å². The van der Waals surface area contributed by atoms with Gasteiger partial charge in [-0.3, -0.25) is 0 Å². The second-order valence-corrected chi connectivity index (χ2v) is 6.91. The summed E-state index contributed by atoms with van der Waals surface area (Å²) in [5, 5.41) is 2.54. The van der Waals surface area contributed by atoms with Gasteiger partial charge in [-0.25, -0.2) is 8.78 Å². The minimum atomic E-state index is -0.457. The van der Waals surface area contributed by atoms with Crippen LogP contribution in [0.15, 0.2) is 54.6 Å². The van der Waals surface area contributed by atoms with Gasteiger partial charge in [0.2, 0.25) is 0 Å². The Morgan fingerprint density at radius 2 is 1.52 bits per heavy atom. The summed E-state index contributed by atoms with van der Waals surface area (Å²) in [6.07, 6.45) is 1.81. The van der Waals surface area contributed by atoms with Crippen LogP contribution in [0.3, 0.4) is 0 Å². The second kappa shape index (κ2) is 6.47. The molecule has 0 aliphatic carbocycles. The molecule has 1 aliphatic heterocycles. The molecule has 3 aromatic rings. The largest absolute Gasteiger partial charge is 0.367 e. The molecule has 0 N–H and O–H groups in total. The molecule has 1 fully saturated rings. The Morgan fingerprint density at radius 3 is 2.24 bits per heavy atom. The number of halogens is 2. The lowest BCUT2D eigenvalue weighted by atomic mass is 9.86. The zero-order valence-electron chi connectivity index (χ0n) is 14.3. The number of fused-ring (bicyclic) bond motifs is 1. The third-order valence-corrected chi connectivity index (χ3v) is 5.24. The number of aryl methyl sites for hydroxylation is 1. The van der Waals surface area contributed by atoms with Gasteiger partial charge in [0.05, 0.1) is 0 Å². The Kier molecular flexibility index (Phi) is 4.16. The molecule has 25 heavy (non-hydrogen) atoms. The maximum absolute atomic E-state index is 14.2. The van der Waals surface area contributed by atoms with E-state index in [4.69, 9.17) is 0 Å². The smallest absolute Gasteiger partial charge is 0.149 e. The summed E-state index contributed by atoms with van der Waals surface area (Å²) in [7, 11) is 0. The van der Waals surface area contributed by atoms with Crippen molar-refractivity contribution in [2.45, 2.75) is 25.7 Å². The highest BCUT2D eigenvalue weighted by Crippen LogP contribution is 2.36. The van der Waals surface area contributed by atoms with Gasteiger partial charge in [0.15, 0.2) is 0 Å². The Balaban J connectivity index is 1.58. The van der Waals surface area contributed by atoms with E-state index in [1.807, 2.05) is 4.90 Å². The SMILES string of the molecule is Cc1cc(F)c(N2CCC(c3cccc4ccccc34)CC2)c(F)c1. The molecule has 0 bridgehead atoms. The molecule has 0 unspecified atom stereocenters. The fourth-order valence-electron chi connectivity index (χ4n) is 4.01. The molecule has 0 saturated carbocycles. The van der Waals surface area contributed by atoms with Crippen molar-refractivity contribution in [1.29, 1.82) is 0 Å². The van der Waals surface area contributed by atoms with Crippen LogP contribution in [0.4, 0.5) is 14.5 Å². The van der Waals surface area contributed by atoms with Crippen molar-refractivity contribution in [2.24, 2.45) is 0 Å². The molecule has 0 atom stereocenters. The lowest BCUT2D eigenvalue weighted by Crippen LogP contribution is -2.34. The average molecular weight is 337 g/mol. The van der Waals surface area contributed by atoms with Gasteiger partial charge < -0.3 is 4.90 Å². The molecule has 0 amide bonds. The maximum atomic E-state index is 14.2. The van der Waals surface area contributed by atoms with Gasteiger partial charge in [0.1, 0.15) is 17.3 Å². The van der Waals surface area contributed by atoms with E-state index >= 15 is 0 Å². The normalized spacial score (nSPS) is 15.7. The van der Waals surface area contributed by atoms with E-state index in [2.05, 4.69) is 42.5 Å². The Morgan fingerprint density at radius 1 is 0.880 bits per heavy atom. The molecule has 1 nitrogen and oxygen atoms in total. The number of hydrogen-bond acceptors (Lipinski definition) is 1. The summed E-state index contributed by atoms with van der Waals surface area (Å²) in [5.74, 6) is -0.485. The number of anilines is 1. The summed E-state index contributed by atoms with van der Waals surface area (Å²) in [6.45, 7) is 3.05. The molecule has 4 rings (SSSR count). The van der Waals surface area contributed by atoms with Crippen LogP contribution < -0.4 is 4.90 Å². The zero-order chi connectivity index (χ0) is 17.4. The standard InChI is InChI=1S/C22H21F2N/c1-15-13-20(23)22(21(24)14-15)25-11-9-17(10-12-25)19-8-4-6-16-5-2-3-7-18(16)19/h2-8,13-14,17H,9-12H2,1H3. The molecular weight excluding hydrogens is 316 g/mol. The monoisotopic (exact) mass is 337 g/mol. The van der Waals surface area contributed by atoms with Crippen molar-refractivity contribution in [2.75, 3.05) is 18.0 Å². The maximum Gasteiger partial charge on any atom is 0.149 e. The molecule has 1 aliphatic rings. The van der Waals surface area contributed by atoms with Gasteiger partial charge in [0, 0.05) is 13.1 Å². The van der Waals surface area contributed by atoms with Gasteiger partial charge >= 0.3 is 0 Å². The number of benzene rings is 3. The minimum absolute atomic E-state index is 0.127. The molecule has 1 heterocycles. The first-order valence-corrected chi connectivity index (χ1v) is 8.82. The van der Waals surface area contributed by atoms with Crippen LogP contribution in [-0.4, -0.2) is 13.1 Å². The quantitative estimate of drug-likeness (QED) is 0.570. The van der Waals surface area contributed by atoms with E-state index in [1.54, 1.807) is 6.92 Å². The van der Waals surface area contributed by atoms with Crippen molar-refractivity contribution in [3.63, 3.8) is 0 Å². The first-order chi connectivity index (χ1) is 12.1. The highest BCUT2D eigenvalue weighted by Gasteiger charge is 2.25. The van der Waals surface area contributed by atoms with Gasteiger partial charge in [-0.1, -0.05) is 42.5 Å². The lowest BCUT2D eigenvalue weighted by molar-refractivity contribution is 0.487. The third-order valence-electron chi connectivity index (χ3n) is 5.24. The molecule has 0 aromatic heterocycles.